The molecule has 118 valence electrons. The summed E-state index contributed by atoms with van der Waals surface area (Å²) in [4.78, 5) is 24.5. The Hall–Kier alpha value is -2.60. The zero-order chi connectivity index (χ0) is 16.5. The van der Waals surface area contributed by atoms with E-state index in [1.54, 1.807) is 23.9 Å². The number of nitrogens with zero attached hydrogens (tertiary/aromatic N) is 1. The quantitative estimate of drug-likeness (QED) is 0.371. The number of hydrogen-bond acceptors (Lipinski definition) is 4. The van der Waals surface area contributed by atoms with E-state index in [1.807, 2.05) is 48.7 Å². The first-order chi connectivity index (χ1) is 11.2. The van der Waals surface area contributed by atoms with Crippen LogP contribution in [0.1, 0.15) is 12.0 Å². The average molecular weight is 327 g/mol. The lowest BCUT2D eigenvalue weighted by Crippen LogP contribution is -2.24. The largest absolute Gasteiger partial charge is 0.326 e. The van der Waals surface area contributed by atoms with Crippen LogP contribution in [-0.4, -0.2) is 24.3 Å². The van der Waals surface area contributed by atoms with Gasteiger partial charge in [-0.05, 0) is 36.1 Å². The summed E-state index contributed by atoms with van der Waals surface area (Å²) in [5.74, 6) is -0.844. The molecule has 0 radical (unpaired) electrons. The molecule has 2 amide bonds. The number of anilines is 1. The minimum absolute atomic E-state index is 0.280. The van der Waals surface area contributed by atoms with E-state index in [4.69, 9.17) is 0 Å². The average Bonchev–Trinajstić information content (AvgIpc) is 2.56. The fraction of sp³-hybridized carbons (Fsp3) is 0.118. The molecule has 5 nitrogen and oxygen atoms in total. The number of rotatable bonds is 6. The lowest BCUT2D eigenvalue weighted by Gasteiger charge is -2.03. The van der Waals surface area contributed by atoms with E-state index in [1.165, 1.54) is 6.21 Å². The monoisotopic (exact) mass is 327 g/mol. The Morgan fingerprint density at radius 3 is 2.39 bits per heavy atom. The Morgan fingerprint density at radius 1 is 1.04 bits per heavy atom. The molecule has 0 atom stereocenters. The maximum atomic E-state index is 11.7. The van der Waals surface area contributed by atoms with Gasteiger partial charge < -0.3 is 5.32 Å². The minimum Gasteiger partial charge on any atom is -0.326 e. The van der Waals surface area contributed by atoms with E-state index < -0.39 is 5.91 Å². The number of hydrazone groups is 1. The van der Waals surface area contributed by atoms with Crippen molar-refractivity contribution in [3.05, 3.63) is 60.2 Å². The van der Waals surface area contributed by atoms with Crippen molar-refractivity contribution in [1.29, 1.82) is 0 Å². The molecule has 0 aromatic heterocycles. The Bertz CT molecular complexity index is 685. The van der Waals surface area contributed by atoms with Crippen LogP contribution in [0, 0.1) is 0 Å². The van der Waals surface area contributed by atoms with Crippen molar-refractivity contribution < 1.29 is 9.59 Å². The number of thioether (sulfide) groups is 1. The van der Waals surface area contributed by atoms with Crippen molar-refractivity contribution in [2.75, 3.05) is 11.6 Å². The number of amides is 2. The maximum Gasteiger partial charge on any atom is 0.249 e. The van der Waals surface area contributed by atoms with Gasteiger partial charge in [0.05, 0.1) is 6.21 Å². The SMILES string of the molecule is CSc1ccc(C=NNC(=O)CC(=O)Nc2ccccc2)cc1. The van der Waals surface area contributed by atoms with Crippen molar-refractivity contribution in [3.8, 4) is 0 Å². The first-order valence-electron chi connectivity index (χ1n) is 6.98. The van der Waals surface area contributed by atoms with Crippen LogP contribution in [0.5, 0.6) is 0 Å². The van der Waals surface area contributed by atoms with Crippen molar-refractivity contribution in [1.82, 2.24) is 5.43 Å². The molecular formula is C17H17N3O2S. The molecule has 0 saturated carbocycles. The van der Waals surface area contributed by atoms with E-state index in [2.05, 4.69) is 15.8 Å². The van der Waals surface area contributed by atoms with Crippen LogP contribution in [0.4, 0.5) is 5.69 Å². The lowest BCUT2D eigenvalue weighted by atomic mass is 10.2. The second-order valence-corrected chi connectivity index (χ2v) is 5.54. The summed E-state index contributed by atoms with van der Waals surface area (Å²) >= 11 is 1.66. The molecule has 0 spiro atoms. The predicted octanol–water partition coefficient (Wildman–Crippen LogP) is 2.89. The number of hydrogen-bond donors (Lipinski definition) is 2. The minimum atomic E-state index is -0.463. The number of nitrogens with one attached hydrogen (secondary N) is 2. The Labute approximate surface area is 139 Å². The molecular weight excluding hydrogens is 310 g/mol. The van der Waals surface area contributed by atoms with E-state index in [0.717, 1.165) is 10.5 Å². The van der Waals surface area contributed by atoms with Gasteiger partial charge in [0.2, 0.25) is 11.8 Å². The summed E-state index contributed by atoms with van der Waals surface area (Å²) in [5.41, 5.74) is 3.87. The number of benzene rings is 2. The zero-order valence-electron chi connectivity index (χ0n) is 12.7. The van der Waals surface area contributed by atoms with Crippen LogP contribution >= 0.6 is 11.8 Å². The number of para-hydroxylation sites is 1. The highest BCUT2D eigenvalue weighted by Crippen LogP contribution is 2.13. The molecule has 0 unspecified atom stereocenters. The highest BCUT2D eigenvalue weighted by Gasteiger charge is 2.08. The van der Waals surface area contributed by atoms with Gasteiger partial charge in [-0.15, -0.1) is 11.8 Å². The van der Waals surface area contributed by atoms with E-state index >= 15 is 0 Å². The topological polar surface area (TPSA) is 70.6 Å². The van der Waals surface area contributed by atoms with Gasteiger partial charge in [-0.1, -0.05) is 30.3 Å². The molecule has 23 heavy (non-hydrogen) atoms. The van der Waals surface area contributed by atoms with E-state index in [-0.39, 0.29) is 12.3 Å². The highest BCUT2D eigenvalue weighted by atomic mass is 32.2. The lowest BCUT2D eigenvalue weighted by molar-refractivity contribution is -0.126. The molecule has 0 fully saturated rings. The number of carbonyl (C=O) groups excluding carboxylic acids is 2. The smallest absolute Gasteiger partial charge is 0.249 e. The summed E-state index contributed by atoms with van der Waals surface area (Å²) in [6.07, 6.45) is 3.26. The molecule has 2 aromatic carbocycles. The third-order valence-corrected chi connectivity index (χ3v) is 3.64. The van der Waals surface area contributed by atoms with Gasteiger partial charge in [0.1, 0.15) is 6.42 Å². The van der Waals surface area contributed by atoms with Crippen LogP contribution in [0.15, 0.2) is 64.6 Å². The van der Waals surface area contributed by atoms with Crippen LogP contribution in [0.3, 0.4) is 0 Å². The molecule has 2 rings (SSSR count). The summed E-state index contributed by atoms with van der Waals surface area (Å²) < 4.78 is 0. The van der Waals surface area contributed by atoms with Gasteiger partial charge >= 0.3 is 0 Å². The molecule has 0 aliphatic rings. The fourth-order valence-corrected chi connectivity index (χ4v) is 2.19. The van der Waals surface area contributed by atoms with Gasteiger partial charge in [-0.3, -0.25) is 9.59 Å². The second kappa shape index (κ2) is 8.75. The molecule has 6 heteroatoms. The standard InChI is InChI=1S/C17H17N3O2S/c1-23-15-9-7-13(8-10-15)12-18-20-17(22)11-16(21)19-14-5-3-2-4-6-14/h2-10,12H,11H2,1H3,(H,19,21)(H,20,22). The fourth-order valence-electron chi connectivity index (χ4n) is 1.78. The second-order valence-electron chi connectivity index (χ2n) is 4.66. The van der Waals surface area contributed by atoms with Crippen molar-refractivity contribution in [2.45, 2.75) is 11.3 Å². The first-order valence-corrected chi connectivity index (χ1v) is 8.21. The van der Waals surface area contributed by atoms with Crippen LogP contribution in [0.2, 0.25) is 0 Å². The summed E-state index contributed by atoms with van der Waals surface area (Å²) in [5, 5.41) is 6.49. The predicted molar refractivity (Wildman–Crippen MR) is 93.6 cm³/mol. The molecule has 0 heterocycles. The van der Waals surface area contributed by atoms with Crippen molar-refractivity contribution in [2.24, 2.45) is 5.10 Å². The van der Waals surface area contributed by atoms with Gasteiger partial charge in [-0.2, -0.15) is 5.10 Å². The maximum absolute atomic E-state index is 11.7. The highest BCUT2D eigenvalue weighted by molar-refractivity contribution is 7.98. The summed E-state index contributed by atoms with van der Waals surface area (Å²) in [7, 11) is 0. The zero-order valence-corrected chi connectivity index (χ0v) is 13.5. The van der Waals surface area contributed by atoms with Gasteiger partial charge in [0.15, 0.2) is 0 Å². The Kier molecular flexibility index (Phi) is 6.38. The molecule has 0 bridgehead atoms. The van der Waals surface area contributed by atoms with Crippen LogP contribution in [-0.2, 0) is 9.59 Å². The van der Waals surface area contributed by atoms with Crippen molar-refractivity contribution >= 4 is 35.5 Å². The Balaban J connectivity index is 1.77. The molecule has 0 aliphatic heterocycles. The van der Waals surface area contributed by atoms with Crippen LogP contribution < -0.4 is 10.7 Å². The third-order valence-electron chi connectivity index (χ3n) is 2.90. The normalized spacial score (nSPS) is 10.5. The molecule has 2 aromatic rings. The number of carbonyl (C=O) groups is 2. The molecule has 2 N–H and O–H groups in total. The first kappa shape index (κ1) is 16.8. The molecule has 0 aliphatic carbocycles. The van der Waals surface area contributed by atoms with Gasteiger partial charge in [0, 0.05) is 10.6 Å². The van der Waals surface area contributed by atoms with Crippen LogP contribution in [0.25, 0.3) is 0 Å². The van der Waals surface area contributed by atoms with Gasteiger partial charge in [-0.25, -0.2) is 5.43 Å². The van der Waals surface area contributed by atoms with E-state index in [9.17, 15) is 9.59 Å². The summed E-state index contributed by atoms with van der Waals surface area (Å²) in [6, 6.07) is 16.7. The summed E-state index contributed by atoms with van der Waals surface area (Å²) in [6.45, 7) is 0. The van der Waals surface area contributed by atoms with Gasteiger partial charge in [0.25, 0.3) is 0 Å². The third kappa shape index (κ3) is 5.96. The van der Waals surface area contributed by atoms with E-state index in [0.29, 0.717) is 5.69 Å². The Morgan fingerprint density at radius 2 is 1.74 bits per heavy atom. The molecule has 0 saturated heterocycles. The van der Waals surface area contributed by atoms with Crippen molar-refractivity contribution in [3.63, 3.8) is 0 Å².